The summed E-state index contributed by atoms with van der Waals surface area (Å²) in [6.45, 7) is 0.914. The number of hydrogen-bond acceptors (Lipinski definition) is 4. The van der Waals surface area contributed by atoms with Gasteiger partial charge in [-0.15, -0.1) is 11.3 Å². The smallest absolute Gasteiger partial charge is 0.334 e. The maximum Gasteiger partial charge on any atom is 0.334 e. The zero-order valence-electron chi connectivity index (χ0n) is 12.7. The van der Waals surface area contributed by atoms with E-state index in [2.05, 4.69) is 17.5 Å². The van der Waals surface area contributed by atoms with Gasteiger partial charge in [0.15, 0.2) is 6.10 Å². The number of hydrogen-bond donors (Lipinski definition) is 1. The molecule has 3 rings (SSSR count). The van der Waals surface area contributed by atoms with Gasteiger partial charge in [-0.2, -0.15) is 0 Å². The molecular weight excluding hydrogens is 314 g/mol. The van der Waals surface area contributed by atoms with Crippen LogP contribution >= 0.6 is 11.3 Å². The van der Waals surface area contributed by atoms with Gasteiger partial charge in [-0.3, -0.25) is 4.79 Å². The Morgan fingerprint density at radius 2 is 2.17 bits per heavy atom. The van der Waals surface area contributed by atoms with Crippen molar-refractivity contribution in [3.63, 3.8) is 0 Å². The van der Waals surface area contributed by atoms with E-state index in [0.717, 1.165) is 12.8 Å². The van der Waals surface area contributed by atoms with Gasteiger partial charge in [-0.25, -0.2) is 4.79 Å². The van der Waals surface area contributed by atoms with E-state index in [0.29, 0.717) is 13.0 Å². The third-order valence-electron chi connectivity index (χ3n) is 4.09. The van der Waals surface area contributed by atoms with Gasteiger partial charge in [-0.1, -0.05) is 18.2 Å². The molecule has 1 aromatic carbocycles. The van der Waals surface area contributed by atoms with Gasteiger partial charge >= 0.3 is 5.97 Å². The lowest BCUT2D eigenvalue weighted by Crippen LogP contribution is -2.48. The molecule has 23 heavy (non-hydrogen) atoms. The van der Waals surface area contributed by atoms with Crippen LogP contribution in [0.4, 0.5) is 0 Å². The van der Waals surface area contributed by atoms with Crippen LogP contribution in [0.25, 0.3) is 10.1 Å². The van der Waals surface area contributed by atoms with Crippen molar-refractivity contribution in [1.82, 2.24) is 4.90 Å². The molecule has 6 heteroatoms. The minimum absolute atomic E-state index is 0.0130. The van der Waals surface area contributed by atoms with Gasteiger partial charge in [0.25, 0.3) is 0 Å². The molecule has 1 aliphatic rings. The van der Waals surface area contributed by atoms with Crippen LogP contribution in [-0.4, -0.2) is 47.7 Å². The van der Waals surface area contributed by atoms with Gasteiger partial charge in [-0.05, 0) is 35.2 Å². The number of thiophene rings is 1. The van der Waals surface area contributed by atoms with Crippen molar-refractivity contribution in [2.45, 2.75) is 25.4 Å². The molecule has 1 atom stereocenters. The summed E-state index contributed by atoms with van der Waals surface area (Å²) in [4.78, 5) is 24.8. The molecular formula is C17H19NO4S. The van der Waals surface area contributed by atoms with Crippen LogP contribution in [0.1, 0.15) is 18.4 Å². The molecule has 0 aliphatic carbocycles. The van der Waals surface area contributed by atoms with E-state index >= 15 is 0 Å². The summed E-state index contributed by atoms with van der Waals surface area (Å²) in [6.07, 6.45) is 1.18. The van der Waals surface area contributed by atoms with Crippen molar-refractivity contribution < 1.29 is 19.4 Å². The van der Waals surface area contributed by atoms with Crippen molar-refractivity contribution >= 4 is 33.3 Å². The number of carboxylic acids is 1. The quantitative estimate of drug-likeness (QED) is 0.913. The van der Waals surface area contributed by atoms with E-state index < -0.39 is 12.1 Å². The number of amides is 1. The molecule has 0 unspecified atom stereocenters. The summed E-state index contributed by atoms with van der Waals surface area (Å²) in [6, 6.07) is 8.28. The van der Waals surface area contributed by atoms with Crippen LogP contribution in [0.5, 0.6) is 0 Å². The highest BCUT2D eigenvalue weighted by Gasteiger charge is 2.28. The fourth-order valence-corrected chi connectivity index (χ4v) is 3.84. The Morgan fingerprint density at radius 3 is 3.00 bits per heavy atom. The molecule has 5 nitrogen and oxygen atoms in total. The lowest BCUT2D eigenvalue weighted by Gasteiger charge is -2.30. The van der Waals surface area contributed by atoms with Crippen molar-refractivity contribution in [3.05, 3.63) is 35.2 Å². The highest BCUT2D eigenvalue weighted by molar-refractivity contribution is 7.17. The summed E-state index contributed by atoms with van der Waals surface area (Å²) in [5.74, 6) is -0.994. The lowest BCUT2D eigenvalue weighted by molar-refractivity contribution is -0.159. The number of aliphatic carboxylic acids is 1. The van der Waals surface area contributed by atoms with E-state index in [1.165, 1.54) is 15.6 Å². The SMILES string of the molecule is O=C(O)[C@@H]1CN(C(=O)CCCc2csc3ccccc23)CCO1. The summed E-state index contributed by atoms with van der Waals surface area (Å²) >= 11 is 1.73. The number of ether oxygens (including phenoxy) is 1. The third-order valence-corrected chi connectivity index (χ3v) is 5.10. The predicted molar refractivity (Wildman–Crippen MR) is 88.7 cm³/mol. The number of morpholine rings is 1. The molecule has 0 bridgehead atoms. The molecule has 1 fully saturated rings. The fraction of sp³-hybridized carbons (Fsp3) is 0.412. The predicted octanol–water partition coefficient (Wildman–Crippen LogP) is 2.54. The normalized spacial score (nSPS) is 18.3. The number of benzene rings is 1. The fourth-order valence-electron chi connectivity index (χ4n) is 2.84. The van der Waals surface area contributed by atoms with Gasteiger partial charge in [0.2, 0.25) is 5.91 Å². The highest BCUT2D eigenvalue weighted by Crippen LogP contribution is 2.26. The van der Waals surface area contributed by atoms with E-state index in [9.17, 15) is 9.59 Å². The maximum atomic E-state index is 12.2. The van der Waals surface area contributed by atoms with Crippen LogP contribution in [0, 0.1) is 0 Å². The van der Waals surface area contributed by atoms with Gasteiger partial charge in [0.05, 0.1) is 13.2 Å². The minimum atomic E-state index is -1.01. The average Bonchev–Trinajstić information content (AvgIpc) is 2.98. The van der Waals surface area contributed by atoms with Crippen LogP contribution < -0.4 is 0 Å². The Hall–Kier alpha value is -1.92. The molecule has 0 saturated carbocycles. The second-order valence-corrected chi connectivity index (χ2v) is 6.56. The summed E-state index contributed by atoms with van der Waals surface area (Å²) < 4.78 is 6.41. The minimum Gasteiger partial charge on any atom is -0.479 e. The van der Waals surface area contributed by atoms with Crippen LogP contribution in [-0.2, 0) is 20.7 Å². The summed E-state index contributed by atoms with van der Waals surface area (Å²) in [5.41, 5.74) is 1.28. The number of nitrogens with zero attached hydrogens (tertiary/aromatic N) is 1. The molecule has 2 aromatic rings. The monoisotopic (exact) mass is 333 g/mol. The average molecular weight is 333 g/mol. The summed E-state index contributed by atoms with van der Waals surface area (Å²) in [5, 5.41) is 12.4. The van der Waals surface area contributed by atoms with Crippen LogP contribution in [0.2, 0.25) is 0 Å². The van der Waals surface area contributed by atoms with Gasteiger partial charge in [0.1, 0.15) is 0 Å². The number of carboxylic acid groups (broad SMARTS) is 1. The first-order valence-electron chi connectivity index (χ1n) is 7.72. The second kappa shape index (κ2) is 7.10. The standard InChI is InChI=1S/C17H19NO4S/c19-16(18-8-9-22-14(10-18)17(20)21)7-3-4-12-11-23-15-6-2-1-5-13(12)15/h1-2,5-6,11,14H,3-4,7-10H2,(H,20,21)/t14-/m0/s1. The zero-order valence-corrected chi connectivity index (χ0v) is 13.6. The molecule has 1 amide bonds. The molecule has 1 aliphatic heterocycles. The number of rotatable bonds is 5. The molecule has 1 aromatic heterocycles. The van der Waals surface area contributed by atoms with E-state index in [1.807, 2.05) is 12.1 Å². The van der Waals surface area contributed by atoms with E-state index in [4.69, 9.17) is 9.84 Å². The molecule has 122 valence electrons. The molecule has 1 N–H and O–H groups in total. The van der Waals surface area contributed by atoms with Crippen molar-refractivity contribution in [1.29, 1.82) is 0 Å². The summed E-state index contributed by atoms with van der Waals surface area (Å²) in [7, 11) is 0. The highest BCUT2D eigenvalue weighted by atomic mass is 32.1. The van der Waals surface area contributed by atoms with Crippen molar-refractivity contribution in [2.24, 2.45) is 0 Å². The van der Waals surface area contributed by atoms with Crippen LogP contribution in [0.3, 0.4) is 0 Å². The third kappa shape index (κ3) is 3.71. The second-order valence-electron chi connectivity index (χ2n) is 5.65. The van der Waals surface area contributed by atoms with E-state index in [1.54, 1.807) is 16.2 Å². The van der Waals surface area contributed by atoms with Crippen LogP contribution in [0.15, 0.2) is 29.6 Å². The number of aryl methyl sites for hydroxylation is 1. The Bertz CT molecular complexity index is 711. The van der Waals surface area contributed by atoms with Gasteiger partial charge < -0.3 is 14.7 Å². The number of carbonyl (C=O) groups excluding carboxylic acids is 1. The van der Waals surface area contributed by atoms with Crippen molar-refractivity contribution in [3.8, 4) is 0 Å². The first-order chi connectivity index (χ1) is 11.1. The van der Waals surface area contributed by atoms with E-state index in [-0.39, 0.29) is 19.1 Å². The van der Waals surface area contributed by atoms with Crippen molar-refractivity contribution in [2.75, 3.05) is 19.7 Å². The Balaban J connectivity index is 1.52. The van der Waals surface area contributed by atoms with Gasteiger partial charge in [0, 0.05) is 17.7 Å². The number of carbonyl (C=O) groups is 2. The largest absolute Gasteiger partial charge is 0.479 e. The number of fused-ring (bicyclic) bond motifs is 1. The Morgan fingerprint density at radius 1 is 1.35 bits per heavy atom. The Labute approximate surface area is 138 Å². The molecule has 1 saturated heterocycles. The lowest BCUT2D eigenvalue weighted by atomic mass is 10.1. The zero-order chi connectivity index (χ0) is 16.2. The molecule has 2 heterocycles. The Kier molecular flexibility index (Phi) is 4.93. The molecule has 0 radical (unpaired) electrons. The molecule has 0 spiro atoms. The first kappa shape index (κ1) is 16.0. The maximum absolute atomic E-state index is 12.2. The topological polar surface area (TPSA) is 66.8 Å². The first-order valence-corrected chi connectivity index (χ1v) is 8.60.